The van der Waals surface area contributed by atoms with Crippen molar-refractivity contribution in [3.8, 4) is 11.3 Å². The van der Waals surface area contributed by atoms with E-state index in [0.29, 0.717) is 17.8 Å². The lowest BCUT2D eigenvalue weighted by molar-refractivity contribution is -0.128. The maximum Gasteiger partial charge on any atom is 0.255 e. The van der Waals surface area contributed by atoms with Crippen LogP contribution in [0.2, 0.25) is 0 Å². The fourth-order valence-electron chi connectivity index (χ4n) is 3.06. The number of halogens is 2. The number of rotatable bonds is 10. The fourth-order valence-corrected chi connectivity index (χ4v) is 3.06. The van der Waals surface area contributed by atoms with E-state index in [0.717, 1.165) is 16.0 Å². The van der Waals surface area contributed by atoms with Gasteiger partial charge in [-0.3, -0.25) is 14.5 Å². The molecule has 0 unspecified atom stereocenters. The molecule has 8 heteroatoms. The van der Waals surface area contributed by atoms with Crippen molar-refractivity contribution in [1.82, 2.24) is 19.7 Å². The first-order chi connectivity index (χ1) is 15.1. The predicted octanol–water partition coefficient (Wildman–Crippen LogP) is 3.75. The number of hydrogen-bond donors (Lipinski definition) is 0. The molecule has 0 aliphatic rings. The number of benzene rings is 1. The quantitative estimate of drug-likeness (QED) is 0.464. The van der Waals surface area contributed by atoms with Crippen LogP contribution in [0.4, 0.5) is 8.78 Å². The molecule has 0 spiro atoms. The van der Waals surface area contributed by atoms with Gasteiger partial charge in [0.2, 0.25) is 5.91 Å². The summed E-state index contributed by atoms with van der Waals surface area (Å²) in [5.74, 6) is -0.509. The molecule has 0 aliphatic carbocycles. The van der Waals surface area contributed by atoms with Crippen molar-refractivity contribution in [2.24, 2.45) is 0 Å². The number of hydrogen-bond acceptors (Lipinski definition) is 4. The zero-order valence-corrected chi connectivity index (χ0v) is 17.2. The molecule has 0 atom stereocenters. The van der Waals surface area contributed by atoms with E-state index in [9.17, 15) is 13.6 Å². The van der Waals surface area contributed by atoms with Crippen molar-refractivity contribution in [2.75, 3.05) is 26.8 Å². The molecule has 0 saturated carbocycles. The predicted molar refractivity (Wildman–Crippen MR) is 114 cm³/mol. The van der Waals surface area contributed by atoms with Gasteiger partial charge in [-0.15, -0.1) is 0 Å². The van der Waals surface area contributed by atoms with Gasteiger partial charge in [0, 0.05) is 49.4 Å². The van der Waals surface area contributed by atoms with E-state index in [1.54, 1.807) is 29.2 Å². The summed E-state index contributed by atoms with van der Waals surface area (Å²) in [5.41, 5.74) is 3.23. The van der Waals surface area contributed by atoms with E-state index in [1.807, 2.05) is 42.6 Å². The minimum Gasteiger partial charge on any atom is -0.383 e. The molecule has 2 aromatic heterocycles. The standard InChI is InChI=1S/C23H24F2N4O2/c1-31-13-12-28(17-21(24)25)22(30)10-9-20-16-29(15-18-6-3-2-4-7-18)27-23(20)19-8-5-11-26-14-19/h2-11,14,16,21H,12-13,15,17H2,1H3/b10-9+. The molecule has 3 aromatic rings. The van der Waals surface area contributed by atoms with Crippen LogP contribution in [0.15, 0.2) is 67.1 Å². The smallest absolute Gasteiger partial charge is 0.255 e. The van der Waals surface area contributed by atoms with Gasteiger partial charge in [0.1, 0.15) is 5.69 Å². The maximum absolute atomic E-state index is 12.9. The first kappa shape index (κ1) is 22.3. The summed E-state index contributed by atoms with van der Waals surface area (Å²) in [4.78, 5) is 17.7. The number of methoxy groups -OCH3 is 1. The highest BCUT2D eigenvalue weighted by atomic mass is 19.3. The molecule has 2 heterocycles. The Morgan fingerprint density at radius 2 is 2.03 bits per heavy atom. The lowest BCUT2D eigenvalue weighted by atomic mass is 10.1. The molecule has 0 N–H and O–H groups in total. The Morgan fingerprint density at radius 1 is 1.23 bits per heavy atom. The number of carbonyl (C=O) groups is 1. The van der Waals surface area contributed by atoms with Crippen LogP contribution >= 0.6 is 0 Å². The zero-order valence-electron chi connectivity index (χ0n) is 17.2. The second-order valence-corrected chi connectivity index (χ2v) is 6.86. The van der Waals surface area contributed by atoms with Crippen molar-refractivity contribution < 1.29 is 18.3 Å². The fraction of sp³-hybridized carbons (Fsp3) is 0.261. The highest BCUT2D eigenvalue weighted by Crippen LogP contribution is 2.23. The van der Waals surface area contributed by atoms with Crippen LogP contribution in [0.3, 0.4) is 0 Å². The Hall–Kier alpha value is -3.39. The second-order valence-electron chi connectivity index (χ2n) is 6.86. The Labute approximate surface area is 179 Å². The molecule has 0 saturated heterocycles. The molecule has 3 rings (SSSR count). The molecule has 1 amide bonds. The van der Waals surface area contributed by atoms with Crippen molar-refractivity contribution in [3.05, 3.63) is 78.3 Å². The van der Waals surface area contributed by atoms with Gasteiger partial charge in [0.25, 0.3) is 6.43 Å². The molecule has 1 aromatic carbocycles. The van der Waals surface area contributed by atoms with Gasteiger partial charge in [-0.2, -0.15) is 5.10 Å². The van der Waals surface area contributed by atoms with Gasteiger partial charge in [-0.05, 0) is 23.8 Å². The average Bonchev–Trinajstić information content (AvgIpc) is 3.18. The van der Waals surface area contributed by atoms with Gasteiger partial charge in [-0.25, -0.2) is 8.78 Å². The maximum atomic E-state index is 12.9. The molecule has 162 valence electrons. The summed E-state index contributed by atoms with van der Waals surface area (Å²) in [6.07, 6.45) is 5.46. The molecule has 0 fully saturated rings. The minimum absolute atomic E-state index is 0.0900. The first-order valence-corrected chi connectivity index (χ1v) is 9.82. The number of amides is 1. The van der Waals surface area contributed by atoms with Crippen molar-refractivity contribution in [1.29, 1.82) is 0 Å². The summed E-state index contributed by atoms with van der Waals surface area (Å²) in [6, 6.07) is 13.5. The van der Waals surface area contributed by atoms with E-state index in [-0.39, 0.29) is 13.2 Å². The minimum atomic E-state index is -2.62. The van der Waals surface area contributed by atoms with Crippen LogP contribution in [0.1, 0.15) is 11.1 Å². The van der Waals surface area contributed by atoms with Crippen LogP contribution in [-0.2, 0) is 16.1 Å². The van der Waals surface area contributed by atoms with Crippen molar-refractivity contribution in [2.45, 2.75) is 13.0 Å². The van der Waals surface area contributed by atoms with Gasteiger partial charge < -0.3 is 9.64 Å². The van der Waals surface area contributed by atoms with E-state index in [1.165, 1.54) is 13.2 Å². The zero-order chi connectivity index (χ0) is 22.1. The Balaban J connectivity index is 1.86. The Bertz CT molecular complexity index is 991. The van der Waals surface area contributed by atoms with Gasteiger partial charge in [0.15, 0.2) is 0 Å². The van der Waals surface area contributed by atoms with Crippen molar-refractivity contribution >= 4 is 12.0 Å². The highest BCUT2D eigenvalue weighted by Gasteiger charge is 2.17. The van der Waals surface area contributed by atoms with E-state index >= 15 is 0 Å². The van der Waals surface area contributed by atoms with E-state index in [2.05, 4.69) is 10.1 Å². The molecular weight excluding hydrogens is 402 g/mol. The topological polar surface area (TPSA) is 60.2 Å². The first-order valence-electron chi connectivity index (χ1n) is 9.82. The van der Waals surface area contributed by atoms with E-state index in [4.69, 9.17) is 4.74 Å². The van der Waals surface area contributed by atoms with Crippen LogP contribution in [0, 0.1) is 0 Å². The Kier molecular flexibility index (Phi) is 8.00. The number of ether oxygens (including phenoxy) is 1. The summed E-state index contributed by atoms with van der Waals surface area (Å²) < 4.78 is 32.4. The van der Waals surface area contributed by atoms with Crippen LogP contribution in [0.25, 0.3) is 17.3 Å². The normalized spacial score (nSPS) is 11.4. The molecule has 6 nitrogen and oxygen atoms in total. The third-order valence-corrected chi connectivity index (χ3v) is 4.55. The third-order valence-electron chi connectivity index (χ3n) is 4.55. The molecule has 0 radical (unpaired) electrons. The summed E-state index contributed by atoms with van der Waals surface area (Å²) in [6.45, 7) is 0.186. The monoisotopic (exact) mass is 426 g/mol. The van der Waals surface area contributed by atoms with Gasteiger partial charge >= 0.3 is 0 Å². The Morgan fingerprint density at radius 3 is 2.71 bits per heavy atom. The molecular formula is C23H24F2N4O2. The number of alkyl halides is 2. The molecule has 0 bridgehead atoms. The lowest BCUT2D eigenvalue weighted by Gasteiger charge is -2.20. The van der Waals surface area contributed by atoms with E-state index < -0.39 is 18.9 Å². The SMILES string of the molecule is COCCN(CC(F)F)C(=O)/C=C/c1cn(Cc2ccccc2)nc1-c1cccnc1. The van der Waals surface area contributed by atoms with Crippen LogP contribution in [0.5, 0.6) is 0 Å². The largest absolute Gasteiger partial charge is 0.383 e. The summed E-state index contributed by atoms with van der Waals surface area (Å²) in [5, 5.41) is 4.66. The van der Waals surface area contributed by atoms with Gasteiger partial charge in [-0.1, -0.05) is 30.3 Å². The van der Waals surface area contributed by atoms with Gasteiger partial charge in [0.05, 0.1) is 19.7 Å². The third kappa shape index (κ3) is 6.55. The summed E-state index contributed by atoms with van der Waals surface area (Å²) in [7, 11) is 1.46. The number of nitrogens with zero attached hydrogens (tertiary/aromatic N) is 4. The molecule has 0 aliphatic heterocycles. The second kappa shape index (κ2) is 11.1. The average molecular weight is 426 g/mol. The summed E-state index contributed by atoms with van der Waals surface area (Å²) >= 11 is 0. The van der Waals surface area contributed by atoms with Crippen LogP contribution < -0.4 is 0 Å². The number of carbonyl (C=O) groups excluding carboxylic acids is 1. The highest BCUT2D eigenvalue weighted by molar-refractivity contribution is 5.92. The van der Waals surface area contributed by atoms with Crippen molar-refractivity contribution in [3.63, 3.8) is 0 Å². The van der Waals surface area contributed by atoms with Crippen LogP contribution in [-0.4, -0.2) is 58.8 Å². The molecule has 31 heavy (non-hydrogen) atoms. The number of pyridine rings is 1. The lowest BCUT2D eigenvalue weighted by Crippen LogP contribution is -2.36. The number of aromatic nitrogens is 3.